The lowest BCUT2D eigenvalue weighted by Crippen LogP contribution is -2.34. The molecule has 2 fully saturated rings. The first kappa shape index (κ1) is 20.6. The normalized spacial score (nSPS) is 20.6. The maximum Gasteiger partial charge on any atom is 0.128 e. The minimum atomic E-state index is -0.111. The van der Waals surface area contributed by atoms with Gasteiger partial charge in [0.15, 0.2) is 0 Å². The number of ether oxygens (including phenoxy) is 2. The first-order valence-corrected chi connectivity index (χ1v) is 10.4. The van der Waals surface area contributed by atoms with Gasteiger partial charge in [0.1, 0.15) is 23.6 Å². The number of terminal acetylenes is 2. The Hall–Kier alpha value is -2.14. The fourth-order valence-electron chi connectivity index (χ4n) is 4.51. The van der Waals surface area contributed by atoms with Gasteiger partial charge < -0.3 is 9.47 Å². The van der Waals surface area contributed by atoms with Crippen molar-refractivity contribution in [2.75, 3.05) is 40.4 Å². The van der Waals surface area contributed by atoms with Crippen LogP contribution in [0.5, 0.6) is 11.5 Å². The van der Waals surface area contributed by atoms with Crippen LogP contribution >= 0.6 is 0 Å². The Balaban J connectivity index is 2.03. The van der Waals surface area contributed by atoms with E-state index < -0.39 is 0 Å². The molecular formula is C24H32N2O2. The monoisotopic (exact) mass is 380 g/mol. The number of methoxy groups -OCH3 is 2. The number of rotatable bonds is 6. The lowest BCUT2D eigenvalue weighted by molar-refractivity contribution is 0.190. The molecule has 0 aromatic heterocycles. The lowest BCUT2D eigenvalue weighted by atomic mass is 9.94. The topological polar surface area (TPSA) is 24.9 Å². The van der Waals surface area contributed by atoms with Crippen LogP contribution in [0, 0.1) is 24.7 Å². The van der Waals surface area contributed by atoms with Gasteiger partial charge in [0.25, 0.3) is 0 Å². The number of piperidine rings is 2. The van der Waals surface area contributed by atoms with E-state index in [9.17, 15) is 0 Å². The molecule has 2 atom stereocenters. The van der Waals surface area contributed by atoms with Crippen LogP contribution in [0.3, 0.4) is 0 Å². The summed E-state index contributed by atoms with van der Waals surface area (Å²) in [7, 11) is 3.37. The molecule has 2 saturated heterocycles. The molecule has 0 aliphatic carbocycles. The highest BCUT2D eigenvalue weighted by Gasteiger charge is 2.29. The second-order valence-corrected chi connectivity index (χ2v) is 7.67. The molecule has 0 saturated carbocycles. The van der Waals surface area contributed by atoms with Crippen LogP contribution in [0.25, 0.3) is 0 Å². The van der Waals surface area contributed by atoms with Crippen LogP contribution in [0.2, 0.25) is 0 Å². The van der Waals surface area contributed by atoms with Gasteiger partial charge >= 0.3 is 0 Å². The molecule has 0 bridgehead atoms. The summed E-state index contributed by atoms with van der Waals surface area (Å²) in [5.41, 5.74) is 2.03. The highest BCUT2D eigenvalue weighted by molar-refractivity contribution is 5.52. The Labute approximate surface area is 170 Å². The summed E-state index contributed by atoms with van der Waals surface area (Å²) in [5.74, 6) is 7.54. The molecule has 28 heavy (non-hydrogen) atoms. The Morgan fingerprint density at radius 3 is 1.43 bits per heavy atom. The van der Waals surface area contributed by atoms with Crippen molar-refractivity contribution in [1.29, 1.82) is 0 Å². The minimum absolute atomic E-state index is 0.111. The Morgan fingerprint density at radius 2 is 1.11 bits per heavy atom. The van der Waals surface area contributed by atoms with E-state index >= 15 is 0 Å². The fourth-order valence-corrected chi connectivity index (χ4v) is 4.51. The van der Waals surface area contributed by atoms with Gasteiger partial charge in [-0.1, -0.05) is 24.7 Å². The van der Waals surface area contributed by atoms with Crippen molar-refractivity contribution in [2.24, 2.45) is 0 Å². The summed E-state index contributed by atoms with van der Waals surface area (Å²) >= 11 is 0. The molecule has 1 aromatic rings. The van der Waals surface area contributed by atoms with Crippen LogP contribution in [0.4, 0.5) is 0 Å². The van der Waals surface area contributed by atoms with E-state index in [-0.39, 0.29) is 12.1 Å². The number of hydrogen-bond donors (Lipinski definition) is 0. The third kappa shape index (κ3) is 4.30. The predicted octanol–water partition coefficient (Wildman–Crippen LogP) is 4.02. The van der Waals surface area contributed by atoms with Gasteiger partial charge in [0.05, 0.1) is 14.2 Å². The van der Waals surface area contributed by atoms with Gasteiger partial charge in [-0.3, -0.25) is 9.80 Å². The van der Waals surface area contributed by atoms with E-state index in [1.54, 1.807) is 14.2 Å². The first-order valence-electron chi connectivity index (χ1n) is 10.4. The van der Waals surface area contributed by atoms with Gasteiger partial charge in [0, 0.05) is 17.2 Å². The van der Waals surface area contributed by atoms with Gasteiger partial charge in [-0.05, 0) is 57.9 Å². The van der Waals surface area contributed by atoms with E-state index in [1.807, 2.05) is 6.07 Å². The Morgan fingerprint density at radius 1 is 0.714 bits per heavy atom. The molecule has 0 radical (unpaired) electrons. The number of benzene rings is 1. The zero-order valence-corrected chi connectivity index (χ0v) is 17.2. The molecule has 0 N–H and O–H groups in total. The average Bonchev–Trinajstić information content (AvgIpc) is 2.76. The molecular weight excluding hydrogens is 348 g/mol. The number of likely N-dealkylation sites (tertiary alicyclic amines) is 2. The Kier molecular flexibility index (Phi) is 7.26. The zero-order chi connectivity index (χ0) is 19.9. The van der Waals surface area contributed by atoms with E-state index in [2.05, 4.69) is 27.7 Å². The third-order valence-corrected chi connectivity index (χ3v) is 6.00. The largest absolute Gasteiger partial charge is 0.496 e. The molecule has 2 aliphatic heterocycles. The Bertz CT molecular complexity index is 675. The van der Waals surface area contributed by atoms with Crippen LogP contribution in [-0.2, 0) is 0 Å². The number of hydrogen-bond acceptors (Lipinski definition) is 4. The van der Waals surface area contributed by atoms with Crippen molar-refractivity contribution in [3.05, 3.63) is 23.3 Å². The smallest absolute Gasteiger partial charge is 0.128 e. The molecule has 4 heteroatoms. The molecule has 3 rings (SSSR count). The quantitative estimate of drug-likeness (QED) is 0.696. The van der Waals surface area contributed by atoms with Crippen molar-refractivity contribution in [3.63, 3.8) is 0 Å². The van der Waals surface area contributed by atoms with Crippen molar-refractivity contribution in [3.8, 4) is 36.2 Å². The summed E-state index contributed by atoms with van der Waals surface area (Å²) in [6, 6.07) is 3.86. The second-order valence-electron chi connectivity index (χ2n) is 7.67. The van der Waals surface area contributed by atoms with Crippen LogP contribution < -0.4 is 9.47 Å². The summed E-state index contributed by atoms with van der Waals surface area (Å²) in [6.45, 7) is 4.07. The highest BCUT2D eigenvalue weighted by atomic mass is 16.5. The highest BCUT2D eigenvalue weighted by Crippen LogP contribution is 2.40. The molecule has 2 unspecified atom stereocenters. The van der Waals surface area contributed by atoms with Gasteiger partial charge in [-0.15, -0.1) is 12.8 Å². The van der Waals surface area contributed by atoms with E-state index in [4.69, 9.17) is 22.3 Å². The van der Waals surface area contributed by atoms with Crippen molar-refractivity contribution >= 4 is 0 Å². The molecule has 2 heterocycles. The SMILES string of the molecule is C#CC(c1cc(C(C#C)N2CCCCC2)c(OC)cc1OC)N1CCCCC1. The van der Waals surface area contributed by atoms with E-state index in [0.717, 1.165) is 48.8 Å². The molecule has 2 aliphatic rings. The van der Waals surface area contributed by atoms with Gasteiger partial charge in [0.2, 0.25) is 0 Å². The molecule has 150 valence electrons. The molecule has 1 aromatic carbocycles. The lowest BCUT2D eigenvalue weighted by Gasteiger charge is -2.35. The third-order valence-electron chi connectivity index (χ3n) is 6.00. The standard InChI is InChI=1S/C24H32N2O2/c1-5-21(25-13-9-7-10-14-25)19-17-20(24(28-4)18-23(19)27-3)22(6-2)26-15-11-8-12-16-26/h1-2,17-18,21-22H,7-16H2,3-4H3. The molecule has 0 spiro atoms. The summed E-state index contributed by atoms with van der Waals surface area (Å²) in [4.78, 5) is 4.76. The predicted molar refractivity (Wildman–Crippen MR) is 114 cm³/mol. The van der Waals surface area contributed by atoms with Crippen LogP contribution in [0.15, 0.2) is 12.1 Å². The van der Waals surface area contributed by atoms with E-state index in [1.165, 1.54) is 38.5 Å². The average molecular weight is 381 g/mol. The van der Waals surface area contributed by atoms with Crippen molar-refractivity contribution in [1.82, 2.24) is 9.80 Å². The van der Waals surface area contributed by atoms with Crippen molar-refractivity contribution in [2.45, 2.75) is 50.6 Å². The minimum Gasteiger partial charge on any atom is -0.496 e. The van der Waals surface area contributed by atoms with E-state index in [0.29, 0.717) is 0 Å². The fraction of sp³-hybridized carbons (Fsp3) is 0.583. The maximum absolute atomic E-state index is 6.00. The summed E-state index contributed by atoms with van der Waals surface area (Å²) in [6.07, 6.45) is 19.3. The number of nitrogens with zero attached hydrogens (tertiary/aromatic N) is 2. The van der Waals surface area contributed by atoms with Gasteiger partial charge in [-0.2, -0.15) is 0 Å². The molecule has 0 amide bonds. The van der Waals surface area contributed by atoms with Crippen LogP contribution in [-0.4, -0.2) is 50.2 Å². The summed E-state index contributed by atoms with van der Waals surface area (Å²) in [5, 5.41) is 0. The summed E-state index contributed by atoms with van der Waals surface area (Å²) < 4.78 is 11.4. The first-order chi connectivity index (χ1) is 13.7. The zero-order valence-electron chi connectivity index (χ0n) is 17.2. The van der Waals surface area contributed by atoms with Gasteiger partial charge in [-0.25, -0.2) is 0 Å². The van der Waals surface area contributed by atoms with Crippen LogP contribution in [0.1, 0.15) is 61.7 Å². The molecule has 4 nitrogen and oxygen atoms in total. The maximum atomic E-state index is 6.00. The second kappa shape index (κ2) is 9.87. The van der Waals surface area contributed by atoms with Crippen molar-refractivity contribution < 1.29 is 9.47 Å².